The fraction of sp³-hybridized carbons (Fsp3) is 0.227. The topological polar surface area (TPSA) is 31.2 Å². The smallest absolute Gasteiger partial charge is 0.155 e. The summed E-state index contributed by atoms with van der Waals surface area (Å²) in [7, 11) is 1.56. The number of rotatable bonds is 7. The highest BCUT2D eigenvalue weighted by Gasteiger charge is 2.07. The van der Waals surface area contributed by atoms with Crippen LogP contribution in [0.25, 0.3) is 17.0 Å². The van der Waals surface area contributed by atoms with Crippen LogP contribution in [0.3, 0.4) is 0 Å². The Bertz CT molecular complexity index is 1010. The number of fused-ring (bicyclic) bond motifs is 1. The molecule has 27 heavy (non-hydrogen) atoms. The molecule has 0 spiro atoms. The first-order valence-corrected chi connectivity index (χ1v) is 9.15. The first kappa shape index (κ1) is 19.2. The number of methoxy groups -OCH3 is 1. The lowest BCUT2D eigenvalue weighted by Crippen LogP contribution is -2.02. The summed E-state index contributed by atoms with van der Waals surface area (Å²) in [5.74, 6) is 0.403. The Morgan fingerprint density at radius 3 is 2.81 bits per heavy atom. The first-order chi connectivity index (χ1) is 13.0. The molecular formula is C22H21ClFNO2. The highest BCUT2D eigenvalue weighted by Crippen LogP contribution is 2.25. The average Bonchev–Trinajstić information content (AvgIpc) is 2.95. The Labute approximate surface area is 163 Å². The zero-order chi connectivity index (χ0) is 19.4. The third kappa shape index (κ3) is 4.58. The molecule has 0 aliphatic carbocycles. The van der Waals surface area contributed by atoms with Gasteiger partial charge in [0.1, 0.15) is 11.6 Å². The number of aryl methyl sites for hydroxylation is 2. The zero-order valence-corrected chi connectivity index (χ0v) is 16.1. The lowest BCUT2D eigenvalue weighted by molar-refractivity contribution is -0.114. The van der Waals surface area contributed by atoms with Gasteiger partial charge >= 0.3 is 0 Å². The Morgan fingerprint density at radius 1 is 1.22 bits per heavy atom. The number of aromatic nitrogens is 1. The van der Waals surface area contributed by atoms with Gasteiger partial charge in [-0.15, -0.1) is 0 Å². The van der Waals surface area contributed by atoms with E-state index in [2.05, 4.69) is 4.57 Å². The molecule has 0 fully saturated rings. The number of carbonyl (C=O) groups excluding carboxylic acids is 1. The third-order valence-electron chi connectivity index (χ3n) is 4.51. The molecule has 0 unspecified atom stereocenters. The van der Waals surface area contributed by atoms with E-state index in [1.54, 1.807) is 37.5 Å². The van der Waals surface area contributed by atoms with Gasteiger partial charge in [0.15, 0.2) is 5.78 Å². The maximum atomic E-state index is 13.4. The molecule has 0 saturated heterocycles. The minimum atomic E-state index is -0.237. The van der Waals surface area contributed by atoms with E-state index in [1.165, 1.54) is 12.1 Å². The van der Waals surface area contributed by atoms with Crippen LogP contribution in [0.2, 0.25) is 5.02 Å². The van der Waals surface area contributed by atoms with Crippen LogP contribution in [0.1, 0.15) is 24.1 Å². The summed E-state index contributed by atoms with van der Waals surface area (Å²) in [5.41, 5.74) is 2.91. The van der Waals surface area contributed by atoms with Crippen LogP contribution in [0, 0.1) is 12.7 Å². The Kier molecular flexibility index (Phi) is 5.97. The minimum Gasteiger partial charge on any atom is -0.495 e. The molecule has 0 aliphatic heterocycles. The number of hydrogen-bond donors (Lipinski definition) is 0. The van der Waals surface area contributed by atoms with Crippen LogP contribution in [0.15, 0.2) is 48.5 Å². The van der Waals surface area contributed by atoms with Crippen molar-refractivity contribution in [2.45, 2.75) is 26.3 Å². The predicted octanol–water partition coefficient (Wildman–Crippen LogP) is 5.81. The maximum absolute atomic E-state index is 13.4. The van der Waals surface area contributed by atoms with Crippen molar-refractivity contribution in [3.05, 3.63) is 70.6 Å². The molecule has 2 aromatic carbocycles. The average molecular weight is 386 g/mol. The molecule has 3 rings (SSSR count). The van der Waals surface area contributed by atoms with Crippen molar-refractivity contribution in [1.29, 1.82) is 0 Å². The predicted molar refractivity (Wildman–Crippen MR) is 108 cm³/mol. The number of carbonyl (C=O) groups is 1. The van der Waals surface area contributed by atoms with Gasteiger partial charge < -0.3 is 9.30 Å². The molecule has 0 aliphatic rings. The summed E-state index contributed by atoms with van der Waals surface area (Å²) in [6, 6.07) is 12.1. The molecule has 1 heterocycles. The van der Waals surface area contributed by atoms with Gasteiger partial charge in [0.05, 0.1) is 12.1 Å². The van der Waals surface area contributed by atoms with Crippen molar-refractivity contribution in [3.63, 3.8) is 0 Å². The number of halogens is 2. The van der Waals surface area contributed by atoms with E-state index in [-0.39, 0.29) is 11.6 Å². The van der Waals surface area contributed by atoms with E-state index in [0.717, 1.165) is 35.1 Å². The van der Waals surface area contributed by atoms with Crippen molar-refractivity contribution in [2.75, 3.05) is 7.11 Å². The van der Waals surface area contributed by atoms with E-state index in [0.29, 0.717) is 17.2 Å². The van der Waals surface area contributed by atoms with Gasteiger partial charge in [-0.2, -0.15) is 0 Å². The SMILES string of the molecule is COc1cc(/C=C/C(=O)CCCn2c(C)cc3cc(F)ccc32)ccc1Cl. The van der Waals surface area contributed by atoms with E-state index in [9.17, 15) is 9.18 Å². The second kappa shape index (κ2) is 8.40. The molecule has 0 atom stereocenters. The summed E-state index contributed by atoms with van der Waals surface area (Å²) in [5, 5.41) is 1.42. The van der Waals surface area contributed by atoms with Gasteiger partial charge in [-0.3, -0.25) is 4.79 Å². The molecular weight excluding hydrogens is 365 g/mol. The molecule has 5 heteroatoms. The Balaban J connectivity index is 1.59. The van der Waals surface area contributed by atoms with Crippen LogP contribution in [-0.4, -0.2) is 17.5 Å². The van der Waals surface area contributed by atoms with E-state index >= 15 is 0 Å². The monoisotopic (exact) mass is 385 g/mol. The van der Waals surface area contributed by atoms with Gasteiger partial charge in [-0.25, -0.2) is 4.39 Å². The standard InChI is InChI=1S/C22H21ClFNO2/c1-15-12-17-14-18(24)7-10-21(17)25(15)11-3-4-19(26)8-5-16-6-9-20(23)22(13-16)27-2/h5-10,12-14H,3-4,11H2,1-2H3/b8-5+. The number of nitrogens with zero attached hydrogens (tertiary/aromatic N) is 1. The van der Waals surface area contributed by atoms with Gasteiger partial charge in [0, 0.05) is 29.6 Å². The van der Waals surface area contributed by atoms with Crippen LogP contribution >= 0.6 is 11.6 Å². The van der Waals surface area contributed by atoms with Crippen molar-refractivity contribution in [2.24, 2.45) is 0 Å². The second-order valence-corrected chi connectivity index (χ2v) is 6.84. The van der Waals surface area contributed by atoms with Gasteiger partial charge in [-0.1, -0.05) is 23.7 Å². The fourth-order valence-electron chi connectivity index (χ4n) is 3.14. The molecule has 0 radical (unpaired) electrons. The summed E-state index contributed by atoms with van der Waals surface area (Å²) in [4.78, 5) is 12.2. The van der Waals surface area contributed by atoms with Gasteiger partial charge in [0.2, 0.25) is 0 Å². The van der Waals surface area contributed by atoms with Gasteiger partial charge in [0.25, 0.3) is 0 Å². The molecule has 3 aromatic rings. The van der Waals surface area contributed by atoms with E-state index in [1.807, 2.05) is 19.1 Å². The number of benzene rings is 2. The summed E-state index contributed by atoms with van der Waals surface area (Å²) in [6.07, 6.45) is 4.51. The van der Waals surface area contributed by atoms with Crippen LogP contribution in [0.5, 0.6) is 5.75 Å². The summed E-state index contributed by atoms with van der Waals surface area (Å²) in [6.45, 7) is 2.71. The summed E-state index contributed by atoms with van der Waals surface area (Å²) < 4.78 is 20.6. The maximum Gasteiger partial charge on any atom is 0.155 e. The largest absolute Gasteiger partial charge is 0.495 e. The number of ketones is 1. The molecule has 3 nitrogen and oxygen atoms in total. The molecule has 0 saturated carbocycles. The Morgan fingerprint density at radius 2 is 2.04 bits per heavy atom. The van der Waals surface area contributed by atoms with Crippen molar-refractivity contribution in [3.8, 4) is 5.75 Å². The highest BCUT2D eigenvalue weighted by atomic mass is 35.5. The normalized spacial score (nSPS) is 11.4. The first-order valence-electron chi connectivity index (χ1n) is 8.78. The van der Waals surface area contributed by atoms with Crippen LogP contribution in [-0.2, 0) is 11.3 Å². The fourth-order valence-corrected chi connectivity index (χ4v) is 3.34. The molecule has 0 bridgehead atoms. The third-order valence-corrected chi connectivity index (χ3v) is 4.82. The minimum absolute atomic E-state index is 0.0593. The number of ether oxygens (including phenoxy) is 1. The van der Waals surface area contributed by atoms with Crippen LogP contribution < -0.4 is 4.74 Å². The van der Waals surface area contributed by atoms with Crippen molar-refractivity contribution >= 4 is 34.4 Å². The number of allylic oxidation sites excluding steroid dienone is 1. The van der Waals surface area contributed by atoms with Crippen LogP contribution in [0.4, 0.5) is 4.39 Å². The second-order valence-electron chi connectivity index (χ2n) is 6.44. The lowest BCUT2D eigenvalue weighted by atomic mass is 10.1. The molecule has 1 aromatic heterocycles. The molecule has 0 amide bonds. The zero-order valence-electron chi connectivity index (χ0n) is 15.3. The quantitative estimate of drug-likeness (QED) is 0.480. The lowest BCUT2D eigenvalue weighted by Gasteiger charge is -2.07. The van der Waals surface area contributed by atoms with E-state index in [4.69, 9.17) is 16.3 Å². The van der Waals surface area contributed by atoms with Crippen molar-refractivity contribution < 1.29 is 13.9 Å². The van der Waals surface area contributed by atoms with E-state index < -0.39 is 0 Å². The molecule has 0 N–H and O–H groups in total. The number of hydrogen-bond acceptors (Lipinski definition) is 2. The summed E-state index contributed by atoms with van der Waals surface area (Å²) >= 11 is 6.00. The highest BCUT2D eigenvalue weighted by molar-refractivity contribution is 6.32. The van der Waals surface area contributed by atoms with Gasteiger partial charge in [-0.05, 0) is 61.4 Å². The molecule has 140 valence electrons. The van der Waals surface area contributed by atoms with Crippen molar-refractivity contribution in [1.82, 2.24) is 4.57 Å². The Hall–Kier alpha value is -2.59.